The van der Waals surface area contributed by atoms with Crippen molar-refractivity contribution >= 4 is 93.6 Å². The molecule has 12 atom stereocenters. The number of carbonyl (C=O) groups excluding carboxylic acids is 13. The third kappa shape index (κ3) is 13.6. The quantitative estimate of drug-likeness (QED) is 0.118. The molecule has 7 rings (SSSR count). The Hall–Kier alpha value is -9.05. The molecule has 6 N–H and O–H groups in total. The van der Waals surface area contributed by atoms with Crippen molar-refractivity contribution in [1.29, 1.82) is 0 Å². The van der Waals surface area contributed by atoms with Crippen molar-refractivity contribution < 1.29 is 76.2 Å². The highest BCUT2D eigenvalue weighted by Gasteiger charge is 2.50. The number of aromatic nitrogens is 1. The molecule has 0 saturated carbocycles. The molecular formula is C62H84N12O17. The summed E-state index contributed by atoms with van der Waals surface area (Å²) in [6.07, 6.45) is -2.87. The molecule has 2 unspecified atom stereocenters. The minimum Gasteiger partial charge on any atom is -0.458 e. The van der Waals surface area contributed by atoms with Gasteiger partial charge in [-0.05, 0) is 90.7 Å². The van der Waals surface area contributed by atoms with Gasteiger partial charge in [0.05, 0.1) is 35.9 Å². The molecule has 4 fully saturated rings. The first-order valence-corrected chi connectivity index (χ1v) is 30.4. The summed E-state index contributed by atoms with van der Waals surface area (Å²) in [6, 6.07) is -10.4. The number of Topliss-reactive ketones (excluding diaryl/α,β-unsaturated/α-hetero) is 1. The van der Waals surface area contributed by atoms with Crippen LogP contribution in [0.4, 0.5) is 5.69 Å². The summed E-state index contributed by atoms with van der Waals surface area (Å²) < 4.78 is 18.1. The van der Waals surface area contributed by atoms with E-state index in [-0.39, 0.29) is 34.4 Å². The molecule has 0 radical (unpaired) electrons. The van der Waals surface area contributed by atoms with E-state index in [0.29, 0.717) is 12.0 Å². The van der Waals surface area contributed by atoms with Gasteiger partial charge >= 0.3 is 11.9 Å². The SMILES string of the molecule is Cc1c2oc3c(C)ccc(C(=O)N[C@@H]4C(=O)N[C@H](C(C)C)C(=O)N5C(C)CC[C@H]5C(=O)N(C)CC(=O)N(C)[C@@H](C(C)C)C(=O)O[C@@H]4C)c3nc-2c(C(=O)N[C@@H]2C(=O)N[C@H](C(C)C)C(=O)N3C(C)C(=O)C[C@H]3C(=O)N(C)CC(=O)N(C)[C@@H](C)C(=O)O[C@@H]2C)c(N)c1=O. The Morgan fingerprint density at radius 1 is 0.626 bits per heavy atom. The summed E-state index contributed by atoms with van der Waals surface area (Å²) in [7, 11) is 5.37. The van der Waals surface area contributed by atoms with E-state index in [4.69, 9.17) is 24.6 Å². The number of nitrogens with one attached hydrogen (secondary N) is 4. The molecule has 0 bridgehead atoms. The standard InChI is InChI=1S/C62H84N12O17/c1-25(2)43-59(85)73-29(8)19-21-36(73)57(83)69(14)24-40(77)72(17)49(27(5)6)62(88)90-34(13)45(55(81)65-43)67-53(79)35-20-18-28(7)51-47(35)64-48-41(42(63)50(78)30(9)52(48)91-51)54(80)68-46-33(12)89-61(87)32(11)71(16)39(76)23-70(15)58(84)37-22-38(75)31(10)74(37)60(86)44(26(3)4)66-56(46)82/h18,20,25-27,29,31-34,36-37,43-46,49H,19,21-24,63H2,1-17H3,(H,65,81)(H,66,82)(H,67,79)(H,68,80)/t29?,31?,32-,33+,34+,36-,37-,43+,44+,45-,46-,49-/m0/s1. The predicted octanol–water partition coefficient (Wildman–Crippen LogP) is 0.0455. The van der Waals surface area contributed by atoms with Gasteiger partial charge in [-0.25, -0.2) is 14.6 Å². The second-order valence-corrected chi connectivity index (χ2v) is 25.4. The summed E-state index contributed by atoms with van der Waals surface area (Å²) in [5, 5.41) is 10.5. The number of carbonyl (C=O) groups is 13. The highest BCUT2D eigenvalue weighted by molar-refractivity contribution is 6.11. The first kappa shape index (κ1) is 69.4. The van der Waals surface area contributed by atoms with Crippen molar-refractivity contribution in [2.24, 2.45) is 17.8 Å². The molecular weight excluding hydrogens is 1180 g/mol. The predicted molar refractivity (Wildman–Crippen MR) is 326 cm³/mol. The number of hydrogen-bond donors (Lipinski definition) is 5. The monoisotopic (exact) mass is 1270 g/mol. The van der Waals surface area contributed by atoms with E-state index in [1.54, 1.807) is 55.4 Å². The lowest BCUT2D eigenvalue weighted by Crippen LogP contribution is -2.62. The van der Waals surface area contributed by atoms with E-state index in [1.807, 2.05) is 0 Å². The number of rotatable bonds is 7. The number of nitrogens with two attached hydrogens (primary N) is 1. The number of nitrogens with zero attached hydrogens (tertiary/aromatic N) is 7. The Labute approximate surface area is 526 Å². The number of cyclic esters (lactones) is 2. The molecule has 0 aromatic heterocycles. The third-order valence-corrected chi connectivity index (χ3v) is 17.9. The largest absolute Gasteiger partial charge is 0.458 e. The maximum absolute atomic E-state index is 15.1. The fraction of sp³-hybridized carbons (Fsp3) is 0.597. The number of ether oxygens (including phenoxy) is 2. The van der Waals surface area contributed by atoms with Crippen LogP contribution in [-0.4, -0.2) is 225 Å². The van der Waals surface area contributed by atoms with Crippen LogP contribution in [0.15, 0.2) is 21.3 Å². The van der Waals surface area contributed by atoms with Gasteiger partial charge in [0.25, 0.3) is 11.8 Å². The number of amides is 10. The first-order chi connectivity index (χ1) is 42.4. The fourth-order valence-corrected chi connectivity index (χ4v) is 12.1. The van der Waals surface area contributed by atoms with E-state index in [1.165, 1.54) is 84.7 Å². The minimum atomic E-state index is -1.96. The second-order valence-electron chi connectivity index (χ2n) is 25.4. The van der Waals surface area contributed by atoms with E-state index in [0.717, 1.165) is 19.6 Å². The van der Waals surface area contributed by atoms with Gasteiger partial charge < -0.3 is 70.3 Å². The highest BCUT2D eigenvalue weighted by atomic mass is 16.6. The van der Waals surface area contributed by atoms with Gasteiger partial charge in [-0.1, -0.05) is 47.6 Å². The molecule has 494 valence electrons. The molecule has 29 heteroatoms. The van der Waals surface area contributed by atoms with Crippen LogP contribution in [-0.2, 0) is 62.2 Å². The van der Waals surface area contributed by atoms with Crippen LogP contribution in [0.3, 0.4) is 0 Å². The number of esters is 2. The van der Waals surface area contributed by atoms with Gasteiger partial charge in [-0.15, -0.1) is 0 Å². The Kier molecular flexibility index (Phi) is 20.7. The lowest BCUT2D eigenvalue weighted by molar-refractivity contribution is -0.163. The summed E-state index contributed by atoms with van der Waals surface area (Å²) in [4.78, 5) is 212. The average Bonchev–Trinajstić information content (AvgIpc) is 1.43. The normalized spacial score (nSPS) is 27.7. The third-order valence-electron chi connectivity index (χ3n) is 17.9. The summed E-state index contributed by atoms with van der Waals surface area (Å²) in [6.45, 7) is 18.8. The van der Waals surface area contributed by atoms with Crippen LogP contribution in [0.2, 0.25) is 0 Å². The highest BCUT2D eigenvalue weighted by Crippen LogP contribution is 2.36. The smallest absolute Gasteiger partial charge is 0.329 e. The molecule has 0 spiro atoms. The van der Waals surface area contributed by atoms with Crippen LogP contribution >= 0.6 is 0 Å². The van der Waals surface area contributed by atoms with Crippen molar-refractivity contribution in [3.05, 3.63) is 44.6 Å². The van der Waals surface area contributed by atoms with E-state index >= 15 is 9.59 Å². The van der Waals surface area contributed by atoms with Gasteiger partial charge in [0, 0.05) is 46.2 Å². The van der Waals surface area contributed by atoms with Crippen LogP contribution < -0.4 is 32.4 Å². The van der Waals surface area contributed by atoms with Crippen LogP contribution in [0.1, 0.15) is 127 Å². The number of nitrogen functional groups attached to an aromatic ring is 1. The van der Waals surface area contributed by atoms with E-state index in [2.05, 4.69) is 21.3 Å². The van der Waals surface area contributed by atoms with Crippen molar-refractivity contribution in [3.63, 3.8) is 0 Å². The Morgan fingerprint density at radius 3 is 1.67 bits per heavy atom. The maximum Gasteiger partial charge on any atom is 0.329 e. The molecule has 4 saturated heterocycles. The molecule has 10 amide bonds. The van der Waals surface area contributed by atoms with E-state index < -0.39 is 209 Å². The van der Waals surface area contributed by atoms with Gasteiger partial charge in [-0.3, -0.25) is 57.5 Å². The zero-order valence-corrected chi connectivity index (χ0v) is 54.5. The summed E-state index contributed by atoms with van der Waals surface area (Å²) >= 11 is 0. The average molecular weight is 1270 g/mol. The second kappa shape index (κ2) is 27.2. The number of benzene rings is 2. The minimum absolute atomic E-state index is 0.0999. The van der Waals surface area contributed by atoms with Crippen molar-refractivity contribution in [3.8, 4) is 11.5 Å². The summed E-state index contributed by atoms with van der Waals surface area (Å²) in [5.74, 6) is -13.3. The van der Waals surface area contributed by atoms with E-state index in [9.17, 15) is 57.5 Å². The lowest BCUT2D eigenvalue weighted by atomic mass is 9.98. The molecule has 1 aromatic rings. The number of likely N-dealkylation sites (N-methyl/N-ethyl adjacent to an activating group) is 4. The molecule has 5 heterocycles. The van der Waals surface area contributed by atoms with Gasteiger partial charge in [0.2, 0.25) is 52.7 Å². The van der Waals surface area contributed by atoms with Gasteiger partial charge in [-0.2, -0.15) is 0 Å². The zero-order chi connectivity index (χ0) is 68.0. The van der Waals surface area contributed by atoms with Crippen LogP contribution in [0.25, 0.3) is 22.6 Å². The number of aryl methyl sites for hydroxylation is 1. The molecule has 91 heavy (non-hydrogen) atoms. The summed E-state index contributed by atoms with van der Waals surface area (Å²) in [5.41, 5.74) is 3.27. The van der Waals surface area contributed by atoms with Gasteiger partial charge in [0.15, 0.2) is 17.1 Å². The molecule has 6 aliphatic rings. The van der Waals surface area contributed by atoms with Crippen molar-refractivity contribution in [2.75, 3.05) is 47.0 Å². The molecule has 1 aliphatic carbocycles. The molecule has 29 nitrogen and oxygen atoms in total. The number of fused-ring (bicyclic) bond motifs is 4. The Balaban J connectivity index is 1.32. The maximum atomic E-state index is 15.1. The van der Waals surface area contributed by atoms with Crippen LogP contribution in [0, 0.1) is 31.6 Å². The number of anilines is 1. The van der Waals surface area contributed by atoms with Crippen molar-refractivity contribution in [2.45, 2.75) is 182 Å². The lowest BCUT2D eigenvalue weighted by Gasteiger charge is -2.37. The first-order valence-electron chi connectivity index (χ1n) is 30.4. The van der Waals surface area contributed by atoms with Crippen LogP contribution in [0.5, 0.6) is 0 Å². The van der Waals surface area contributed by atoms with Crippen molar-refractivity contribution in [1.82, 2.24) is 55.7 Å². The topological polar surface area (TPSA) is 377 Å². The fourth-order valence-electron chi connectivity index (χ4n) is 12.1. The Morgan fingerprint density at radius 2 is 1.13 bits per heavy atom. The van der Waals surface area contributed by atoms with Gasteiger partial charge in [0.1, 0.15) is 71.8 Å². The molecule has 5 aliphatic heterocycles. The molecule has 1 aromatic carbocycles. The Bertz CT molecular complexity index is 3530. The zero-order valence-electron chi connectivity index (χ0n) is 54.5. The number of ketones is 1. The number of hydrogen-bond acceptors (Lipinski definition) is 19.